The van der Waals surface area contributed by atoms with Crippen molar-refractivity contribution in [2.45, 2.75) is 40.2 Å². The van der Waals surface area contributed by atoms with Gasteiger partial charge >= 0.3 is 0 Å². The zero-order valence-electron chi connectivity index (χ0n) is 11.4. The molecular weight excluding hydrogens is 206 g/mol. The molecule has 94 valence electrons. The third-order valence-electron chi connectivity index (χ3n) is 4.45. The molecule has 0 spiro atoms. The lowest BCUT2D eigenvalue weighted by Crippen LogP contribution is -2.43. The van der Waals surface area contributed by atoms with Gasteiger partial charge < -0.3 is 0 Å². The highest BCUT2D eigenvalue weighted by Crippen LogP contribution is 2.36. The third kappa shape index (κ3) is 3.10. The van der Waals surface area contributed by atoms with Crippen LogP contribution < -0.4 is 0 Å². The van der Waals surface area contributed by atoms with Crippen LogP contribution in [0, 0.1) is 11.3 Å². The van der Waals surface area contributed by atoms with Crippen molar-refractivity contribution in [3.63, 3.8) is 0 Å². The SMILES string of the molecule is CC(C)C1(C)CCCN(Cc2ccccc2)C1. The van der Waals surface area contributed by atoms with Crippen molar-refractivity contribution in [1.29, 1.82) is 0 Å². The molecule has 0 aliphatic carbocycles. The van der Waals surface area contributed by atoms with E-state index < -0.39 is 0 Å². The van der Waals surface area contributed by atoms with Crippen LogP contribution in [0.4, 0.5) is 0 Å². The van der Waals surface area contributed by atoms with Gasteiger partial charge in [0.2, 0.25) is 0 Å². The van der Waals surface area contributed by atoms with E-state index >= 15 is 0 Å². The van der Waals surface area contributed by atoms with Crippen LogP contribution in [0.1, 0.15) is 39.2 Å². The quantitative estimate of drug-likeness (QED) is 0.761. The molecule has 0 N–H and O–H groups in total. The van der Waals surface area contributed by atoms with Crippen LogP contribution in [0.25, 0.3) is 0 Å². The number of hydrogen-bond donors (Lipinski definition) is 0. The zero-order chi connectivity index (χ0) is 12.3. The van der Waals surface area contributed by atoms with Gasteiger partial charge in [-0.15, -0.1) is 0 Å². The molecule has 1 saturated heterocycles. The average molecular weight is 231 g/mol. The molecule has 1 aliphatic rings. The van der Waals surface area contributed by atoms with Crippen molar-refractivity contribution in [2.75, 3.05) is 13.1 Å². The molecule has 0 saturated carbocycles. The van der Waals surface area contributed by atoms with Crippen molar-refractivity contribution >= 4 is 0 Å². The van der Waals surface area contributed by atoms with Crippen molar-refractivity contribution in [2.24, 2.45) is 11.3 Å². The second-order valence-electron chi connectivity index (χ2n) is 6.11. The molecule has 1 aromatic carbocycles. The lowest BCUT2D eigenvalue weighted by atomic mass is 9.73. The highest BCUT2D eigenvalue weighted by Gasteiger charge is 2.33. The van der Waals surface area contributed by atoms with Gasteiger partial charge in [-0.2, -0.15) is 0 Å². The smallest absolute Gasteiger partial charge is 0.0233 e. The molecule has 2 rings (SSSR count). The summed E-state index contributed by atoms with van der Waals surface area (Å²) < 4.78 is 0. The van der Waals surface area contributed by atoms with Gasteiger partial charge in [0, 0.05) is 13.1 Å². The van der Waals surface area contributed by atoms with Crippen LogP contribution in [0.3, 0.4) is 0 Å². The number of piperidine rings is 1. The first kappa shape index (κ1) is 12.6. The van der Waals surface area contributed by atoms with Crippen molar-refractivity contribution < 1.29 is 0 Å². The molecule has 1 atom stereocenters. The van der Waals surface area contributed by atoms with Crippen LogP contribution >= 0.6 is 0 Å². The number of rotatable bonds is 3. The van der Waals surface area contributed by atoms with E-state index in [0.717, 1.165) is 12.5 Å². The van der Waals surface area contributed by atoms with Gasteiger partial charge in [-0.1, -0.05) is 51.1 Å². The van der Waals surface area contributed by atoms with Gasteiger partial charge in [-0.25, -0.2) is 0 Å². The standard InChI is InChI=1S/C16H25N/c1-14(2)16(3)10-7-11-17(13-16)12-15-8-5-4-6-9-15/h4-6,8-9,14H,7,10-13H2,1-3H3. The molecule has 1 unspecified atom stereocenters. The average Bonchev–Trinajstić information content (AvgIpc) is 2.30. The van der Waals surface area contributed by atoms with Crippen LogP contribution in [0.2, 0.25) is 0 Å². The van der Waals surface area contributed by atoms with Crippen LogP contribution in [0.5, 0.6) is 0 Å². The van der Waals surface area contributed by atoms with E-state index in [4.69, 9.17) is 0 Å². The Morgan fingerprint density at radius 3 is 2.59 bits per heavy atom. The Kier molecular flexibility index (Phi) is 3.88. The zero-order valence-corrected chi connectivity index (χ0v) is 11.4. The molecule has 1 nitrogen and oxygen atoms in total. The Balaban J connectivity index is 1.99. The molecule has 1 aliphatic heterocycles. The normalized spacial score (nSPS) is 26.4. The number of hydrogen-bond acceptors (Lipinski definition) is 1. The maximum Gasteiger partial charge on any atom is 0.0233 e. The Morgan fingerprint density at radius 2 is 1.94 bits per heavy atom. The van der Waals surface area contributed by atoms with E-state index in [1.807, 2.05) is 0 Å². The predicted molar refractivity (Wildman–Crippen MR) is 73.9 cm³/mol. The van der Waals surface area contributed by atoms with E-state index in [9.17, 15) is 0 Å². The first-order valence-corrected chi connectivity index (χ1v) is 6.86. The minimum atomic E-state index is 0.507. The summed E-state index contributed by atoms with van der Waals surface area (Å²) in [4.78, 5) is 2.62. The largest absolute Gasteiger partial charge is 0.299 e. The van der Waals surface area contributed by atoms with E-state index in [1.165, 1.54) is 31.5 Å². The molecule has 17 heavy (non-hydrogen) atoms. The van der Waals surface area contributed by atoms with Crippen LogP contribution in [0.15, 0.2) is 30.3 Å². The molecule has 1 heteroatoms. The van der Waals surface area contributed by atoms with Gasteiger partial charge in [0.25, 0.3) is 0 Å². The first-order chi connectivity index (χ1) is 8.10. The van der Waals surface area contributed by atoms with E-state index in [0.29, 0.717) is 5.41 Å². The molecule has 0 radical (unpaired) electrons. The van der Waals surface area contributed by atoms with Gasteiger partial charge in [0.05, 0.1) is 0 Å². The summed E-state index contributed by atoms with van der Waals surface area (Å²) in [6.07, 6.45) is 2.73. The predicted octanol–water partition coefficient (Wildman–Crippen LogP) is 3.94. The molecular formula is C16H25N. The second-order valence-corrected chi connectivity index (χ2v) is 6.11. The topological polar surface area (TPSA) is 3.24 Å². The third-order valence-corrected chi connectivity index (χ3v) is 4.45. The first-order valence-electron chi connectivity index (χ1n) is 6.86. The van der Waals surface area contributed by atoms with Crippen molar-refractivity contribution in [3.8, 4) is 0 Å². The highest BCUT2D eigenvalue weighted by molar-refractivity contribution is 5.14. The van der Waals surface area contributed by atoms with Gasteiger partial charge in [-0.3, -0.25) is 4.90 Å². The lowest BCUT2D eigenvalue weighted by molar-refractivity contribution is 0.0588. The van der Waals surface area contributed by atoms with Gasteiger partial charge in [0.15, 0.2) is 0 Å². The lowest BCUT2D eigenvalue weighted by Gasteiger charge is -2.43. The fourth-order valence-electron chi connectivity index (χ4n) is 2.82. The van der Waals surface area contributed by atoms with Gasteiger partial charge in [0.1, 0.15) is 0 Å². The maximum absolute atomic E-state index is 2.62. The van der Waals surface area contributed by atoms with Gasteiger partial charge in [-0.05, 0) is 36.3 Å². The van der Waals surface area contributed by atoms with E-state index in [1.54, 1.807) is 0 Å². The van der Waals surface area contributed by atoms with Crippen molar-refractivity contribution in [1.82, 2.24) is 4.90 Å². The molecule has 1 fully saturated rings. The van der Waals surface area contributed by atoms with E-state index in [2.05, 4.69) is 56.0 Å². The summed E-state index contributed by atoms with van der Waals surface area (Å²) in [7, 11) is 0. The summed E-state index contributed by atoms with van der Waals surface area (Å²) in [6, 6.07) is 10.8. The summed E-state index contributed by atoms with van der Waals surface area (Å²) in [6.45, 7) is 10.8. The Bertz CT molecular complexity index is 344. The number of likely N-dealkylation sites (tertiary alicyclic amines) is 1. The molecule has 0 amide bonds. The summed E-state index contributed by atoms with van der Waals surface area (Å²) in [5.41, 5.74) is 1.95. The van der Waals surface area contributed by atoms with Crippen LogP contribution in [-0.4, -0.2) is 18.0 Å². The van der Waals surface area contributed by atoms with Crippen LogP contribution in [-0.2, 0) is 6.54 Å². The second kappa shape index (κ2) is 5.22. The molecule has 1 heterocycles. The Labute approximate surface area is 106 Å². The fourth-order valence-corrected chi connectivity index (χ4v) is 2.82. The number of benzene rings is 1. The van der Waals surface area contributed by atoms with Crippen molar-refractivity contribution in [3.05, 3.63) is 35.9 Å². The minimum Gasteiger partial charge on any atom is -0.299 e. The molecule has 0 bridgehead atoms. The number of nitrogens with zero attached hydrogens (tertiary/aromatic N) is 1. The van der Waals surface area contributed by atoms with E-state index in [-0.39, 0.29) is 0 Å². The Hall–Kier alpha value is -0.820. The summed E-state index contributed by atoms with van der Waals surface area (Å²) >= 11 is 0. The summed E-state index contributed by atoms with van der Waals surface area (Å²) in [5.74, 6) is 0.779. The fraction of sp³-hybridized carbons (Fsp3) is 0.625. The summed E-state index contributed by atoms with van der Waals surface area (Å²) in [5, 5.41) is 0. The highest BCUT2D eigenvalue weighted by atomic mass is 15.1. The minimum absolute atomic E-state index is 0.507. The Morgan fingerprint density at radius 1 is 1.24 bits per heavy atom. The maximum atomic E-state index is 2.62. The molecule has 1 aromatic rings. The monoisotopic (exact) mass is 231 g/mol. The molecule has 0 aromatic heterocycles.